The summed E-state index contributed by atoms with van der Waals surface area (Å²) < 4.78 is 5.91. The highest BCUT2D eigenvalue weighted by Gasteiger charge is 2.32. The van der Waals surface area contributed by atoms with E-state index in [1.807, 2.05) is 66.7 Å². The Balaban J connectivity index is 1.43. The van der Waals surface area contributed by atoms with Gasteiger partial charge < -0.3 is 15.5 Å². The van der Waals surface area contributed by atoms with Crippen LogP contribution < -0.4 is 15.8 Å². The van der Waals surface area contributed by atoms with E-state index in [9.17, 15) is 4.79 Å². The van der Waals surface area contributed by atoms with Gasteiger partial charge >= 0.3 is 0 Å². The van der Waals surface area contributed by atoms with E-state index in [-0.39, 0.29) is 11.9 Å². The Morgan fingerprint density at radius 3 is 2.47 bits per heavy atom. The van der Waals surface area contributed by atoms with Crippen molar-refractivity contribution in [2.75, 3.05) is 0 Å². The molecule has 0 unspecified atom stereocenters. The predicted octanol–water partition coefficient (Wildman–Crippen LogP) is 3.84. The average Bonchev–Trinajstić information content (AvgIpc) is 3.17. The molecule has 1 aliphatic heterocycles. The summed E-state index contributed by atoms with van der Waals surface area (Å²) in [5.74, 6) is 0.473. The monoisotopic (exact) mass is 397 g/mol. The second-order valence-corrected chi connectivity index (χ2v) is 7.66. The van der Waals surface area contributed by atoms with Crippen molar-refractivity contribution in [1.29, 1.82) is 0 Å². The summed E-state index contributed by atoms with van der Waals surface area (Å²) in [4.78, 5) is 15.5. The van der Waals surface area contributed by atoms with Crippen LogP contribution in [0.25, 0.3) is 10.9 Å². The number of rotatable bonds is 5. The first-order valence-corrected chi connectivity index (χ1v) is 10.1. The Hall–Kier alpha value is -3.57. The second kappa shape index (κ2) is 7.69. The molecule has 0 bridgehead atoms. The number of aromatic amines is 1. The molecule has 3 aromatic carbocycles. The van der Waals surface area contributed by atoms with Crippen LogP contribution in [-0.4, -0.2) is 16.9 Å². The minimum Gasteiger partial charge on any atom is -0.489 e. The third kappa shape index (κ3) is 3.44. The first-order valence-electron chi connectivity index (χ1n) is 10.1. The molecule has 1 aromatic heterocycles. The maximum absolute atomic E-state index is 12.0. The fourth-order valence-corrected chi connectivity index (χ4v) is 4.18. The van der Waals surface area contributed by atoms with Crippen molar-refractivity contribution in [1.82, 2.24) is 10.3 Å². The topological polar surface area (TPSA) is 80.1 Å². The first kappa shape index (κ1) is 18.5. The molecule has 0 spiro atoms. The zero-order valence-corrected chi connectivity index (χ0v) is 16.5. The lowest BCUT2D eigenvalue weighted by Gasteiger charge is -2.30. The highest BCUT2D eigenvalue weighted by atomic mass is 16.5. The number of primary amides is 1. The number of hydrogen-bond donors (Lipinski definition) is 3. The zero-order chi connectivity index (χ0) is 20.5. The summed E-state index contributed by atoms with van der Waals surface area (Å²) in [6, 6.07) is 25.7. The average molecular weight is 397 g/mol. The number of nitrogens with one attached hydrogen (secondary N) is 2. The zero-order valence-electron chi connectivity index (χ0n) is 16.5. The van der Waals surface area contributed by atoms with Gasteiger partial charge in [0.15, 0.2) is 0 Å². The molecule has 2 atom stereocenters. The molecule has 0 saturated carbocycles. The molecule has 0 radical (unpaired) electrons. The Kier molecular flexibility index (Phi) is 4.73. The highest BCUT2D eigenvalue weighted by Crippen LogP contribution is 2.35. The van der Waals surface area contributed by atoms with E-state index < -0.39 is 6.04 Å². The van der Waals surface area contributed by atoms with Crippen LogP contribution in [0.2, 0.25) is 0 Å². The summed E-state index contributed by atoms with van der Waals surface area (Å²) in [6.45, 7) is 0.526. The van der Waals surface area contributed by atoms with Gasteiger partial charge in [-0.3, -0.25) is 10.1 Å². The van der Waals surface area contributed by atoms with Crippen molar-refractivity contribution in [2.24, 2.45) is 5.73 Å². The van der Waals surface area contributed by atoms with Crippen LogP contribution in [0.3, 0.4) is 0 Å². The largest absolute Gasteiger partial charge is 0.489 e. The van der Waals surface area contributed by atoms with Gasteiger partial charge in [0, 0.05) is 16.6 Å². The Bertz CT molecular complexity index is 1180. The minimum atomic E-state index is -0.407. The molecule has 4 aromatic rings. The lowest BCUT2D eigenvalue weighted by molar-refractivity contribution is -0.120. The van der Waals surface area contributed by atoms with E-state index in [1.54, 1.807) is 0 Å². The number of amides is 1. The van der Waals surface area contributed by atoms with Crippen LogP contribution in [-0.2, 0) is 17.8 Å². The Morgan fingerprint density at radius 1 is 0.967 bits per heavy atom. The first-order chi connectivity index (χ1) is 14.7. The van der Waals surface area contributed by atoms with E-state index in [0.29, 0.717) is 13.0 Å². The van der Waals surface area contributed by atoms with Gasteiger partial charge in [0.25, 0.3) is 0 Å². The fraction of sp³-hybridized carbons (Fsp3) is 0.160. The smallest absolute Gasteiger partial charge is 0.234 e. The summed E-state index contributed by atoms with van der Waals surface area (Å²) in [6.07, 6.45) is 0.587. The van der Waals surface area contributed by atoms with Crippen LogP contribution in [0, 0.1) is 0 Å². The predicted molar refractivity (Wildman–Crippen MR) is 117 cm³/mol. The van der Waals surface area contributed by atoms with Crippen molar-refractivity contribution in [2.45, 2.75) is 25.1 Å². The second-order valence-electron chi connectivity index (χ2n) is 7.66. The van der Waals surface area contributed by atoms with Crippen molar-refractivity contribution in [3.63, 3.8) is 0 Å². The third-order valence-corrected chi connectivity index (χ3v) is 5.72. The third-order valence-electron chi connectivity index (χ3n) is 5.72. The number of H-pyrrole nitrogens is 1. The lowest BCUT2D eigenvalue weighted by atomic mass is 9.90. The molecule has 1 aliphatic rings. The summed E-state index contributed by atoms with van der Waals surface area (Å²) >= 11 is 0. The number of ether oxygens (including phenoxy) is 1. The van der Waals surface area contributed by atoms with Gasteiger partial charge in [-0.15, -0.1) is 0 Å². The molecule has 5 nitrogen and oxygen atoms in total. The van der Waals surface area contributed by atoms with Gasteiger partial charge in [0.1, 0.15) is 12.4 Å². The van der Waals surface area contributed by atoms with E-state index >= 15 is 0 Å². The number of para-hydroxylation sites is 1. The van der Waals surface area contributed by atoms with Crippen molar-refractivity contribution >= 4 is 16.8 Å². The molecule has 0 fully saturated rings. The highest BCUT2D eigenvalue weighted by molar-refractivity contribution is 5.88. The number of aromatic nitrogens is 1. The molecular formula is C25H23N3O2. The maximum Gasteiger partial charge on any atom is 0.234 e. The van der Waals surface area contributed by atoms with Gasteiger partial charge in [-0.25, -0.2) is 0 Å². The van der Waals surface area contributed by atoms with Crippen molar-refractivity contribution in [3.05, 3.63) is 101 Å². The Morgan fingerprint density at radius 2 is 1.70 bits per heavy atom. The van der Waals surface area contributed by atoms with Gasteiger partial charge in [-0.2, -0.15) is 0 Å². The van der Waals surface area contributed by atoms with Crippen LogP contribution in [0.4, 0.5) is 0 Å². The molecule has 0 saturated heterocycles. The van der Waals surface area contributed by atoms with Gasteiger partial charge in [0.2, 0.25) is 5.91 Å². The molecule has 0 aliphatic carbocycles. The SMILES string of the molecule is NC(=O)[C@H]1Cc2c([nH]c3ccccc23)[C@H](c2ccc(OCc3ccccc3)cc2)N1. The van der Waals surface area contributed by atoms with Crippen LogP contribution >= 0.6 is 0 Å². The van der Waals surface area contributed by atoms with E-state index in [4.69, 9.17) is 10.5 Å². The standard InChI is InChI=1S/C25H23N3O2/c26-25(29)22-14-20-19-8-4-5-9-21(19)27-24(20)23(28-22)17-10-12-18(13-11-17)30-15-16-6-2-1-3-7-16/h1-13,22-23,27-28H,14-15H2,(H2,26,29)/t22-,23+/m1/s1. The summed E-state index contributed by atoms with van der Waals surface area (Å²) in [5.41, 5.74) is 11.2. The molecule has 30 heavy (non-hydrogen) atoms. The lowest BCUT2D eigenvalue weighted by Crippen LogP contribution is -2.48. The molecule has 4 N–H and O–H groups in total. The van der Waals surface area contributed by atoms with Crippen LogP contribution in [0.15, 0.2) is 78.9 Å². The Labute approximate surface area is 174 Å². The normalized spacial score (nSPS) is 18.1. The number of carbonyl (C=O) groups is 1. The van der Waals surface area contributed by atoms with Gasteiger partial charge in [-0.05, 0) is 41.3 Å². The number of nitrogens with two attached hydrogens (primary N) is 1. The van der Waals surface area contributed by atoms with E-state index in [1.165, 1.54) is 0 Å². The van der Waals surface area contributed by atoms with E-state index in [0.717, 1.165) is 39.0 Å². The van der Waals surface area contributed by atoms with Crippen LogP contribution in [0.1, 0.15) is 28.4 Å². The molecule has 5 rings (SSSR count). The molecular weight excluding hydrogens is 374 g/mol. The number of hydrogen-bond acceptors (Lipinski definition) is 3. The molecule has 2 heterocycles. The number of benzene rings is 3. The van der Waals surface area contributed by atoms with Crippen molar-refractivity contribution < 1.29 is 9.53 Å². The quantitative estimate of drug-likeness (QED) is 0.479. The molecule has 5 heteroatoms. The maximum atomic E-state index is 12.0. The fourth-order valence-electron chi connectivity index (χ4n) is 4.18. The van der Waals surface area contributed by atoms with Gasteiger partial charge in [-0.1, -0.05) is 60.7 Å². The number of carbonyl (C=O) groups excluding carboxylic acids is 1. The summed E-state index contributed by atoms with van der Waals surface area (Å²) in [5, 5.41) is 4.56. The minimum absolute atomic E-state index is 0.137. The molecule has 1 amide bonds. The summed E-state index contributed by atoms with van der Waals surface area (Å²) in [7, 11) is 0. The van der Waals surface area contributed by atoms with E-state index in [2.05, 4.69) is 22.4 Å². The van der Waals surface area contributed by atoms with Crippen molar-refractivity contribution in [3.8, 4) is 5.75 Å². The molecule has 150 valence electrons. The van der Waals surface area contributed by atoms with Crippen LogP contribution in [0.5, 0.6) is 5.75 Å². The van der Waals surface area contributed by atoms with Gasteiger partial charge in [0.05, 0.1) is 12.1 Å². The number of fused-ring (bicyclic) bond motifs is 3.